The van der Waals surface area contributed by atoms with Crippen molar-refractivity contribution < 1.29 is 14.6 Å². The minimum Gasteiger partial charge on any atom is -0.366 e. The van der Waals surface area contributed by atoms with E-state index in [1.807, 2.05) is 18.2 Å². The molecule has 1 amide bonds. The summed E-state index contributed by atoms with van der Waals surface area (Å²) in [4.78, 5) is 19.3. The fourth-order valence-corrected chi connectivity index (χ4v) is 5.01. The van der Waals surface area contributed by atoms with Crippen molar-refractivity contribution in [3.8, 4) is 10.6 Å². The highest BCUT2D eigenvalue weighted by Crippen LogP contribution is 2.45. The Morgan fingerprint density at radius 1 is 1.21 bits per heavy atom. The number of anilines is 2. The molecule has 2 aliphatic rings. The molecule has 0 saturated carbocycles. The van der Waals surface area contributed by atoms with Crippen molar-refractivity contribution in [2.75, 3.05) is 11.9 Å². The largest absolute Gasteiger partial charge is 0.366 e. The van der Waals surface area contributed by atoms with Gasteiger partial charge in [-0.3, -0.25) is 4.79 Å². The minimum atomic E-state index is -0.950. The molecule has 0 bridgehead atoms. The van der Waals surface area contributed by atoms with Crippen molar-refractivity contribution in [2.24, 2.45) is 0 Å². The van der Waals surface area contributed by atoms with E-state index >= 15 is 0 Å². The SMILES string of the molecule is O=C(NC1CCOC1O)c1csc(-c2ccc3c(c2)Nc2ccccc2S3)n1. The van der Waals surface area contributed by atoms with Crippen LogP contribution in [0.15, 0.2) is 57.6 Å². The molecule has 2 aliphatic heterocycles. The number of carbonyl (C=O) groups excluding carboxylic acids is 1. The van der Waals surface area contributed by atoms with Crippen molar-refractivity contribution in [3.63, 3.8) is 0 Å². The molecule has 2 unspecified atom stereocenters. The standard InChI is InChI=1S/C20H17N3O3S2/c24-18(22-13-7-8-26-20(13)25)15-10-27-19(23-15)11-5-6-17-14(9-11)21-12-3-1-2-4-16(12)28-17/h1-6,9-10,13,20-21,25H,7-8H2,(H,22,24). The van der Waals surface area contributed by atoms with E-state index in [4.69, 9.17) is 4.74 Å². The lowest BCUT2D eigenvalue weighted by Gasteiger charge is -2.21. The molecule has 1 fully saturated rings. The maximum Gasteiger partial charge on any atom is 0.271 e. The Morgan fingerprint density at radius 2 is 2.07 bits per heavy atom. The van der Waals surface area contributed by atoms with Gasteiger partial charge in [0, 0.05) is 20.7 Å². The van der Waals surface area contributed by atoms with Crippen molar-refractivity contribution >= 4 is 40.4 Å². The molecule has 142 valence electrons. The smallest absolute Gasteiger partial charge is 0.271 e. The molecule has 8 heteroatoms. The number of amides is 1. The highest BCUT2D eigenvalue weighted by Gasteiger charge is 2.28. The molecule has 2 atom stereocenters. The first-order chi connectivity index (χ1) is 13.7. The topological polar surface area (TPSA) is 83.5 Å². The fourth-order valence-electron chi connectivity index (χ4n) is 3.24. The molecule has 3 aromatic rings. The van der Waals surface area contributed by atoms with Crippen LogP contribution in [0.25, 0.3) is 10.6 Å². The van der Waals surface area contributed by atoms with Gasteiger partial charge in [-0.25, -0.2) is 4.98 Å². The van der Waals surface area contributed by atoms with E-state index in [2.05, 4.69) is 39.9 Å². The fraction of sp³-hybridized carbons (Fsp3) is 0.200. The molecule has 0 aliphatic carbocycles. The van der Waals surface area contributed by atoms with Crippen LogP contribution in [0, 0.1) is 0 Å². The third-order valence-electron chi connectivity index (χ3n) is 4.72. The van der Waals surface area contributed by atoms with Gasteiger partial charge in [0.1, 0.15) is 10.7 Å². The van der Waals surface area contributed by atoms with Crippen molar-refractivity contribution in [1.29, 1.82) is 0 Å². The van der Waals surface area contributed by atoms with Crippen LogP contribution < -0.4 is 10.6 Å². The Balaban J connectivity index is 1.36. The number of carbonyl (C=O) groups is 1. The number of benzene rings is 2. The number of aromatic nitrogens is 1. The van der Waals surface area contributed by atoms with Crippen molar-refractivity contribution in [3.05, 3.63) is 53.5 Å². The predicted octanol–water partition coefficient (Wildman–Crippen LogP) is 3.86. The third-order valence-corrected chi connectivity index (χ3v) is 6.76. The Morgan fingerprint density at radius 3 is 2.93 bits per heavy atom. The van der Waals surface area contributed by atoms with Gasteiger partial charge in [-0.05, 0) is 30.7 Å². The van der Waals surface area contributed by atoms with E-state index in [-0.39, 0.29) is 11.9 Å². The van der Waals surface area contributed by atoms with Gasteiger partial charge in [0.25, 0.3) is 5.91 Å². The molecule has 6 nitrogen and oxygen atoms in total. The number of nitrogens with one attached hydrogen (secondary N) is 2. The number of hydrogen-bond acceptors (Lipinski definition) is 7. The normalized spacial score (nSPS) is 20.2. The summed E-state index contributed by atoms with van der Waals surface area (Å²) in [6.07, 6.45) is -0.353. The molecule has 3 heterocycles. The molecule has 3 N–H and O–H groups in total. The molecule has 0 spiro atoms. The summed E-state index contributed by atoms with van der Waals surface area (Å²) < 4.78 is 5.07. The first kappa shape index (κ1) is 17.7. The van der Waals surface area contributed by atoms with Crippen molar-refractivity contribution in [1.82, 2.24) is 10.3 Å². The Labute approximate surface area is 170 Å². The zero-order valence-corrected chi connectivity index (χ0v) is 16.3. The number of ether oxygens (including phenoxy) is 1. The molecule has 0 radical (unpaired) electrons. The van der Waals surface area contributed by atoms with Crippen LogP contribution in [-0.2, 0) is 4.74 Å². The van der Waals surface area contributed by atoms with Gasteiger partial charge in [-0.1, -0.05) is 30.0 Å². The Bertz CT molecular complexity index is 1050. The highest BCUT2D eigenvalue weighted by molar-refractivity contribution is 7.99. The second-order valence-corrected chi connectivity index (χ2v) is 8.54. The summed E-state index contributed by atoms with van der Waals surface area (Å²) in [5.41, 5.74) is 3.44. The third kappa shape index (κ3) is 3.29. The Kier molecular flexibility index (Phi) is 4.56. The first-order valence-electron chi connectivity index (χ1n) is 8.92. The number of thiazole rings is 1. The molecule has 1 saturated heterocycles. The number of para-hydroxylation sites is 1. The minimum absolute atomic E-state index is 0.294. The molecule has 5 rings (SSSR count). The van der Waals surface area contributed by atoms with E-state index < -0.39 is 6.29 Å². The summed E-state index contributed by atoms with van der Waals surface area (Å²) >= 11 is 3.16. The lowest BCUT2D eigenvalue weighted by atomic mass is 10.2. The maximum absolute atomic E-state index is 12.4. The summed E-state index contributed by atoms with van der Waals surface area (Å²) in [7, 11) is 0. The predicted molar refractivity (Wildman–Crippen MR) is 109 cm³/mol. The Hall–Kier alpha value is -2.39. The number of aliphatic hydroxyl groups is 1. The number of rotatable bonds is 3. The lowest BCUT2D eigenvalue weighted by Crippen LogP contribution is -2.40. The van der Waals surface area contributed by atoms with E-state index in [1.165, 1.54) is 16.2 Å². The van der Waals surface area contributed by atoms with Gasteiger partial charge >= 0.3 is 0 Å². The summed E-state index contributed by atoms with van der Waals surface area (Å²) in [6, 6.07) is 14.0. The summed E-state index contributed by atoms with van der Waals surface area (Å²) in [5, 5.41) is 18.5. The van der Waals surface area contributed by atoms with Gasteiger partial charge in [0.2, 0.25) is 0 Å². The van der Waals surface area contributed by atoms with Gasteiger partial charge < -0.3 is 20.5 Å². The molecular weight excluding hydrogens is 394 g/mol. The molecular formula is C20H17N3O3S2. The first-order valence-corrected chi connectivity index (χ1v) is 10.6. The summed E-state index contributed by atoms with van der Waals surface area (Å²) in [6.45, 7) is 0.442. The van der Waals surface area contributed by atoms with Crippen LogP contribution in [0.2, 0.25) is 0 Å². The van der Waals surface area contributed by atoms with E-state index in [0.717, 1.165) is 26.8 Å². The second kappa shape index (κ2) is 7.21. The lowest BCUT2D eigenvalue weighted by molar-refractivity contribution is -0.0704. The quantitative estimate of drug-likeness (QED) is 0.475. The van der Waals surface area contributed by atoms with Crippen molar-refractivity contribution in [2.45, 2.75) is 28.5 Å². The van der Waals surface area contributed by atoms with Crippen LogP contribution in [0.3, 0.4) is 0 Å². The highest BCUT2D eigenvalue weighted by atomic mass is 32.2. The second-order valence-electron chi connectivity index (χ2n) is 6.60. The number of hydrogen-bond donors (Lipinski definition) is 3. The number of aliphatic hydroxyl groups excluding tert-OH is 1. The van der Waals surface area contributed by atoms with Crippen LogP contribution in [0.4, 0.5) is 11.4 Å². The molecule has 2 aromatic carbocycles. The van der Waals surface area contributed by atoms with Gasteiger partial charge in [-0.15, -0.1) is 11.3 Å². The van der Waals surface area contributed by atoms with Gasteiger partial charge in [-0.2, -0.15) is 0 Å². The van der Waals surface area contributed by atoms with Crippen LogP contribution in [-0.4, -0.2) is 34.9 Å². The molecule has 1 aromatic heterocycles. The average molecular weight is 412 g/mol. The number of fused-ring (bicyclic) bond motifs is 2. The van der Waals surface area contributed by atoms with E-state index in [1.54, 1.807) is 17.1 Å². The molecule has 28 heavy (non-hydrogen) atoms. The van der Waals surface area contributed by atoms with Crippen LogP contribution in [0.1, 0.15) is 16.9 Å². The monoisotopic (exact) mass is 411 g/mol. The average Bonchev–Trinajstić information content (AvgIpc) is 3.36. The maximum atomic E-state index is 12.4. The van der Waals surface area contributed by atoms with E-state index in [0.29, 0.717) is 18.7 Å². The van der Waals surface area contributed by atoms with Crippen LogP contribution in [0.5, 0.6) is 0 Å². The van der Waals surface area contributed by atoms with Crippen LogP contribution >= 0.6 is 23.1 Å². The zero-order valence-electron chi connectivity index (χ0n) is 14.7. The summed E-state index contributed by atoms with van der Waals surface area (Å²) in [5.74, 6) is -0.294. The van der Waals surface area contributed by atoms with Gasteiger partial charge in [0.05, 0.1) is 24.0 Å². The zero-order chi connectivity index (χ0) is 19.1. The number of nitrogens with zero attached hydrogens (tertiary/aromatic N) is 1. The van der Waals surface area contributed by atoms with E-state index in [9.17, 15) is 9.90 Å². The van der Waals surface area contributed by atoms with Gasteiger partial charge in [0.15, 0.2) is 6.29 Å².